The van der Waals surface area contributed by atoms with Gasteiger partial charge in [-0.2, -0.15) is 0 Å². The van der Waals surface area contributed by atoms with E-state index in [2.05, 4.69) is 21.9 Å². The van der Waals surface area contributed by atoms with Gasteiger partial charge < -0.3 is 15.2 Å². The Kier molecular flexibility index (Phi) is 4.68. The molecule has 0 aromatic rings. The number of hydrogen-bond acceptors (Lipinski definition) is 4. The predicted molar refractivity (Wildman–Crippen MR) is 72.9 cm³/mol. The summed E-state index contributed by atoms with van der Waals surface area (Å²) in [6.45, 7) is 5.92. The van der Waals surface area contributed by atoms with Crippen LogP contribution in [0.1, 0.15) is 33.1 Å². The van der Waals surface area contributed by atoms with E-state index >= 15 is 0 Å². The quantitative estimate of drug-likeness (QED) is 0.809. The highest BCUT2D eigenvalue weighted by atomic mass is 16.5. The number of ether oxygens (including phenoxy) is 1. The number of nitrogens with one attached hydrogen (secondary N) is 1. The van der Waals surface area contributed by atoms with E-state index in [1.807, 2.05) is 6.92 Å². The molecule has 2 N–H and O–H groups in total. The predicted octanol–water partition coefficient (Wildman–Crippen LogP) is 1.21. The summed E-state index contributed by atoms with van der Waals surface area (Å²) in [5.74, 6) is 1.04. The number of aliphatic hydroxyl groups excluding tert-OH is 1. The van der Waals surface area contributed by atoms with Crippen LogP contribution in [0.4, 0.5) is 4.79 Å². The molecule has 110 valence electrons. The Bertz CT molecular complexity index is 316. The lowest BCUT2D eigenvalue weighted by Gasteiger charge is -2.48. The maximum absolute atomic E-state index is 11.4. The van der Waals surface area contributed by atoms with Crippen LogP contribution in [-0.2, 0) is 4.74 Å². The lowest BCUT2D eigenvalue weighted by atomic mass is 9.78. The normalized spacial score (nSPS) is 37.3. The van der Waals surface area contributed by atoms with Crippen LogP contribution in [0.25, 0.3) is 0 Å². The Hall–Kier alpha value is -0.810. The summed E-state index contributed by atoms with van der Waals surface area (Å²) in [6.07, 6.45) is 2.58. The number of carbonyl (C=O) groups excluding carboxylic acids is 1. The molecule has 0 bridgehead atoms. The molecule has 0 aromatic heterocycles. The maximum Gasteiger partial charge on any atom is 0.407 e. The highest BCUT2D eigenvalue weighted by Gasteiger charge is 2.38. The van der Waals surface area contributed by atoms with Gasteiger partial charge in [0.05, 0.1) is 13.2 Å². The third-order valence-corrected chi connectivity index (χ3v) is 4.57. The summed E-state index contributed by atoms with van der Waals surface area (Å²) >= 11 is 0. The molecule has 0 radical (unpaired) electrons. The number of rotatable bonds is 3. The molecule has 1 aliphatic carbocycles. The molecule has 3 atom stereocenters. The van der Waals surface area contributed by atoms with Crippen LogP contribution < -0.4 is 5.32 Å². The fourth-order valence-electron chi connectivity index (χ4n) is 3.31. The SMILES string of the molecule is COC(=O)NC1CC(C(C)O)CN(C2CC(C)C2)C1. The molecule has 5 nitrogen and oxygen atoms in total. The first-order valence-corrected chi connectivity index (χ1v) is 7.26. The van der Waals surface area contributed by atoms with Gasteiger partial charge in [-0.05, 0) is 38.0 Å². The summed E-state index contributed by atoms with van der Waals surface area (Å²) in [6, 6.07) is 0.704. The molecule has 1 heterocycles. The second kappa shape index (κ2) is 6.09. The van der Waals surface area contributed by atoms with Gasteiger partial charge in [0.2, 0.25) is 0 Å². The summed E-state index contributed by atoms with van der Waals surface area (Å²) in [7, 11) is 1.38. The number of aliphatic hydroxyl groups is 1. The number of likely N-dealkylation sites (tertiary alicyclic amines) is 1. The standard InChI is InChI=1S/C14H26N2O3/c1-9-4-13(5-9)16-7-11(10(2)17)6-12(8-16)15-14(18)19-3/h9-13,17H,4-8H2,1-3H3,(H,15,18). The molecule has 2 fully saturated rings. The molecule has 0 spiro atoms. The minimum absolute atomic E-state index is 0.0803. The van der Waals surface area contributed by atoms with Crippen molar-refractivity contribution >= 4 is 6.09 Å². The number of amides is 1. The average Bonchev–Trinajstić information content (AvgIpc) is 2.34. The van der Waals surface area contributed by atoms with Gasteiger partial charge in [0.25, 0.3) is 0 Å². The van der Waals surface area contributed by atoms with Crippen molar-refractivity contribution < 1.29 is 14.6 Å². The van der Waals surface area contributed by atoms with Crippen molar-refractivity contribution in [1.82, 2.24) is 10.2 Å². The second-order valence-electron chi connectivity index (χ2n) is 6.25. The Morgan fingerprint density at radius 1 is 1.37 bits per heavy atom. The highest BCUT2D eigenvalue weighted by Crippen LogP contribution is 2.34. The van der Waals surface area contributed by atoms with Crippen molar-refractivity contribution in [2.24, 2.45) is 11.8 Å². The van der Waals surface area contributed by atoms with E-state index in [4.69, 9.17) is 0 Å². The molecule has 1 amide bonds. The van der Waals surface area contributed by atoms with Crippen molar-refractivity contribution in [2.45, 2.75) is 51.3 Å². The van der Waals surface area contributed by atoms with Crippen molar-refractivity contribution in [3.05, 3.63) is 0 Å². The average molecular weight is 270 g/mol. The van der Waals surface area contributed by atoms with Crippen molar-refractivity contribution in [3.63, 3.8) is 0 Å². The van der Waals surface area contributed by atoms with E-state index in [0.717, 1.165) is 25.4 Å². The second-order valence-corrected chi connectivity index (χ2v) is 6.25. The minimum atomic E-state index is -0.377. The van der Waals surface area contributed by atoms with E-state index in [-0.39, 0.29) is 24.2 Å². The van der Waals surface area contributed by atoms with Gasteiger partial charge >= 0.3 is 6.09 Å². The lowest BCUT2D eigenvalue weighted by Crippen LogP contribution is -2.57. The molecule has 1 saturated carbocycles. The summed E-state index contributed by atoms with van der Waals surface area (Å²) in [5.41, 5.74) is 0. The Morgan fingerprint density at radius 3 is 2.58 bits per heavy atom. The van der Waals surface area contributed by atoms with Crippen LogP contribution in [0.15, 0.2) is 0 Å². The van der Waals surface area contributed by atoms with E-state index in [0.29, 0.717) is 6.04 Å². The largest absolute Gasteiger partial charge is 0.453 e. The maximum atomic E-state index is 11.4. The van der Waals surface area contributed by atoms with E-state index < -0.39 is 0 Å². The summed E-state index contributed by atoms with van der Waals surface area (Å²) < 4.78 is 4.67. The number of hydrogen-bond donors (Lipinski definition) is 2. The molecule has 2 aliphatic rings. The molecular weight excluding hydrogens is 244 g/mol. The van der Waals surface area contributed by atoms with Crippen LogP contribution in [0.5, 0.6) is 0 Å². The fraction of sp³-hybridized carbons (Fsp3) is 0.929. The van der Waals surface area contributed by atoms with Gasteiger partial charge in [0.15, 0.2) is 0 Å². The molecule has 1 saturated heterocycles. The Morgan fingerprint density at radius 2 is 2.05 bits per heavy atom. The van der Waals surface area contributed by atoms with Crippen LogP contribution in [0.3, 0.4) is 0 Å². The monoisotopic (exact) mass is 270 g/mol. The zero-order valence-corrected chi connectivity index (χ0v) is 12.1. The molecule has 3 unspecified atom stereocenters. The molecule has 2 rings (SSSR count). The first kappa shape index (κ1) is 14.6. The first-order valence-electron chi connectivity index (χ1n) is 7.26. The summed E-state index contributed by atoms with van der Waals surface area (Å²) in [4.78, 5) is 13.8. The van der Waals surface area contributed by atoms with Crippen molar-refractivity contribution in [2.75, 3.05) is 20.2 Å². The third kappa shape index (κ3) is 3.60. The molecule has 1 aliphatic heterocycles. The van der Waals surface area contributed by atoms with Crippen LogP contribution >= 0.6 is 0 Å². The lowest BCUT2D eigenvalue weighted by molar-refractivity contribution is -0.00264. The van der Waals surface area contributed by atoms with Gasteiger partial charge in [-0.1, -0.05) is 6.92 Å². The molecule has 5 heteroatoms. The van der Waals surface area contributed by atoms with Crippen molar-refractivity contribution in [3.8, 4) is 0 Å². The van der Waals surface area contributed by atoms with Gasteiger partial charge in [-0.3, -0.25) is 4.90 Å². The van der Waals surface area contributed by atoms with Crippen LogP contribution in [0.2, 0.25) is 0 Å². The van der Waals surface area contributed by atoms with E-state index in [9.17, 15) is 9.90 Å². The zero-order chi connectivity index (χ0) is 14.0. The van der Waals surface area contributed by atoms with E-state index in [1.54, 1.807) is 0 Å². The van der Waals surface area contributed by atoms with Crippen LogP contribution in [0, 0.1) is 11.8 Å². The fourth-order valence-corrected chi connectivity index (χ4v) is 3.31. The molecular formula is C14H26N2O3. The van der Waals surface area contributed by atoms with Crippen LogP contribution in [-0.4, -0.2) is 54.5 Å². The smallest absolute Gasteiger partial charge is 0.407 e. The minimum Gasteiger partial charge on any atom is -0.453 e. The third-order valence-electron chi connectivity index (χ3n) is 4.57. The molecule has 19 heavy (non-hydrogen) atoms. The highest BCUT2D eigenvalue weighted by molar-refractivity contribution is 5.67. The zero-order valence-electron chi connectivity index (χ0n) is 12.1. The molecule has 0 aromatic carbocycles. The van der Waals surface area contributed by atoms with Gasteiger partial charge in [0, 0.05) is 25.2 Å². The van der Waals surface area contributed by atoms with Gasteiger partial charge in [0.1, 0.15) is 0 Å². The topological polar surface area (TPSA) is 61.8 Å². The number of nitrogens with zero attached hydrogens (tertiary/aromatic N) is 1. The summed E-state index contributed by atoms with van der Waals surface area (Å²) in [5, 5.41) is 12.7. The Labute approximate surface area is 115 Å². The number of alkyl carbamates (subject to hydrolysis) is 1. The number of piperidine rings is 1. The number of methoxy groups -OCH3 is 1. The van der Waals surface area contributed by atoms with Gasteiger partial charge in [-0.25, -0.2) is 4.79 Å². The number of carbonyl (C=O) groups is 1. The van der Waals surface area contributed by atoms with Crippen molar-refractivity contribution in [1.29, 1.82) is 0 Å². The first-order chi connectivity index (χ1) is 8.99. The van der Waals surface area contributed by atoms with E-state index in [1.165, 1.54) is 20.0 Å². The Balaban J connectivity index is 1.94. The van der Waals surface area contributed by atoms with Gasteiger partial charge in [-0.15, -0.1) is 0 Å².